The molecule has 2 heterocycles. The van der Waals surface area contributed by atoms with Crippen LogP contribution in [0.25, 0.3) is 5.82 Å². The summed E-state index contributed by atoms with van der Waals surface area (Å²) in [6.45, 7) is 6.66. The lowest BCUT2D eigenvalue weighted by Gasteiger charge is -2.18. The normalized spacial score (nSPS) is 12.7. The van der Waals surface area contributed by atoms with Crippen molar-refractivity contribution in [2.24, 2.45) is 5.92 Å². The SMILES string of the molecule is CC(C)CC(C)Nc1cccnc1-n1cccn1. The molecule has 0 aromatic carbocycles. The van der Waals surface area contributed by atoms with Crippen LogP contribution in [0.1, 0.15) is 27.2 Å². The van der Waals surface area contributed by atoms with Crippen molar-refractivity contribution in [3.8, 4) is 5.82 Å². The molecule has 4 heteroatoms. The van der Waals surface area contributed by atoms with E-state index in [0.29, 0.717) is 12.0 Å². The van der Waals surface area contributed by atoms with E-state index < -0.39 is 0 Å². The predicted molar refractivity (Wildman–Crippen MR) is 73.9 cm³/mol. The lowest BCUT2D eigenvalue weighted by atomic mass is 10.1. The Morgan fingerprint density at radius 1 is 1.22 bits per heavy atom. The van der Waals surface area contributed by atoms with Crippen LogP contribution < -0.4 is 5.32 Å². The Morgan fingerprint density at radius 3 is 2.72 bits per heavy atom. The average molecular weight is 244 g/mol. The molecule has 1 N–H and O–H groups in total. The standard InChI is InChI=1S/C14H20N4/c1-11(2)10-12(3)17-13-6-4-7-15-14(13)18-9-5-8-16-18/h4-9,11-12,17H,10H2,1-3H3. The maximum Gasteiger partial charge on any atom is 0.176 e. The van der Waals surface area contributed by atoms with Crippen molar-refractivity contribution >= 4 is 5.69 Å². The fourth-order valence-electron chi connectivity index (χ4n) is 2.12. The Hall–Kier alpha value is -1.84. The largest absolute Gasteiger partial charge is 0.380 e. The van der Waals surface area contributed by atoms with Gasteiger partial charge in [0.15, 0.2) is 5.82 Å². The summed E-state index contributed by atoms with van der Waals surface area (Å²) in [5, 5.41) is 7.74. The number of rotatable bonds is 5. The first-order chi connectivity index (χ1) is 8.66. The van der Waals surface area contributed by atoms with Crippen molar-refractivity contribution in [3.05, 3.63) is 36.8 Å². The molecule has 18 heavy (non-hydrogen) atoms. The fourth-order valence-corrected chi connectivity index (χ4v) is 2.12. The summed E-state index contributed by atoms with van der Waals surface area (Å²) in [6.07, 6.45) is 6.58. The number of hydrogen-bond donors (Lipinski definition) is 1. The van der Waals surface area contributed by atoms with Gasteiger partial charge in [-0.25, -0.2) is 9.67 Å². The molecule has 0 aliphatic heterocycles. The zero-order valence-corrected chi connectivity index (χ0v) is 11.2. The number of hydrogen-bond acceptors (Lipinski definition) is 3. The van der Waals surface area contributed by atoms with E-state index in [1.165, 1.54) is 0 Å². The molecule has 0 radical (unpaired) electrons. The number of aromatic nitrogens is 3. The van der Waals surface area contributed by atoms with Crippen LogP contribution in [0.15, 0.2) is 36.8 Å². The third kappa shape index (κ3) is 3.09. The summed E-state index contributed by atoms with van der Waals surface area (Å²) >= 11 is 0. The van der Waals surface area contributed by atoms with Gasteiger partial charge < -0.3 is 5.32 Å². The second-order valence-electron chi connectivity index (χ2n) is 5.00. The molecule has 0 aliphatic carbocycles. The van der Waals surface area contributed by atoms with Gasteiger partial charge in [0.2, 0.25) is 0 Å². The summed E-state index contributed by atoms with van der Waals surface area (Å²) in [4.78, 5) is 4.39. The lowest BCUT2D eigenvalue weighted by molar-refractivity contribution is 0.539. The van der Waals surface area contributed by atoms with Crippen LogP contribution in [0.5, 0.6) is 0 Å². The van der Waals surface area contributed by atoms with Crippen molar-refractivity contribution in [2.75, 3.05) is 5.32 Å². The quantitative estimate of drug-likeness (QED) is 0.878. The van der Waals surface area contributed by atoms with Crippen molar-refractivity contribution in [3.63, 3.8) is 0 Å². The second-order valence-corrected chi connectivity index (χ2v) is 5.00. The van der Waals surface area contributed by atoms with Crippen LogP contribution >= 0.6 is 0 Å². The molecule has 2 aromatic rings. The molecule has 96 valence electrons. The van der Waals surface area contributed by atoms with E-state index in [1.54, 1.807) is 17.1 Å². The van der Waals surface area contributed by atoms with E-state index in [-0.39, 0.29) is 0 Å². The van der Waals surface area contributed by atoms with Gasteiger partial charge in [0, 0.05) is 24.6 Å². The monoisotopic (exact) mass is 244 g/mol. The van der Waals surface area contributed by atoms with E-state index >= 15 is 0 Å². The summed E-state index contributed by atoms with van der Waals surface area (Å²) in [5.74, 6) is 1.52. The summed E-state index contributed by atoms with van der Waals surface area (Å²) < 4.78 is 1.78. The maximum absolute atomic E-state index is 4.39. The molecule has 0 saturated heterocycles. The molecule has 2 aromatic heterocycles. The van der Waals surface area contributed by atoms with Crippen molar-refractivity contribution < 1.29 is 0 Å². The van der Waals surface area contributed by atoms with Crippen LogP contribution in [0.2, 0.25) is 0 Å². The Kier molecular flexibility index (Phi) is 3.97. The summed E-state index contributed by atoms with van der Waals surface area (Å²) in [6, 6.07) is 6.30. The van der Waals surface area contributed by atoms with Gasteiger partial charge in [0.1, 0.15) is 0 Å². The molecule has 0 saturated carbocycles. The average Bonchev–Trinajstić information content (AvgIpc) is 2.81. The summed E-state index contributed by atoms with van der Waals surface area (Å²) in [7, 11) is 0. The third-order valence-electron chi connectivity index (χ3n) is 2.73. The molecule has 0 fully saturated rings. The minimum absolute atomic E-state index is 0.420. The van der Waals surface area contributed by atoms with Crippen LogP contribution in [-0.4, -0.2) is 20.8 Å². The first-order valence-electron chi connectivity index (χ1n) is 6.38. The predicted octanol–water partition coefficient (Wildman–Crippen LogP) is 3.11. The number of anilines is 1. The molecule has 0 bridgehead atoms. The van der Waals surface area contributed by atoms with E-state index in [4.69, 9.17) is 0 Å². The van der Waals surface area contributed by atoms with E-state index in [9.17, 15) is 0 Å². The highest BCUT2D eigenvalue weighted by Crippen LogP contribution is 2.18. The highest BCUT2D eigenvalue weighted by Gasteiger charge is 2.10. The lowest BCUT2D eigenvalue weighted by Crippen LogP contribution is -2.19. The van der Waals surface area contributed by atoms with E-state index in [0.717, 1.165) is 17.9 Å². The van der Waals surface area contributed by atoms with E-state index in [1.807, 2.05) is 24.4 Å². The van der Waals surface area contributed by atoms with E-state index in [2.05, 4.69) is 36.2 Å². The van der Waals surface area contributed by atoms with Gasteiger partial charge in [-0.05, 0) is 37.5 Å². The Balaban J connectivity index is 2.18. The van der Waals surface area contributed by atoms with Crippen LogP contribution in [0, 0.1) is 5.92 Å². The molecule has 0 aliphatic rings. The maximum atomic E-state index is 4.39. The molecule has 4 nitrogen and oxygen atoms in total. The first kappa shape index (κ1) is 12.6. The minimum Gasteiger partial charge on any atom is -0.380 e. The topological polar surface area (TPSA) is 42.7 Å². The smallest absolute Gasteiger partial charge is 0.176 e. The fraction of sp³-hybridized carbons (Fsp3) is 0.429. The van der Waals surface area contributed by atoms with Crippen LogP contribution in [0.4, 0.5) is 5.69 Å². The Labute approximate surface area is 108 Å². The Bertz CT molecular complexity index is 476. The molecule has 0 amide bonds. The summed E-state index contributed by atoms with van der Waals surface area (Å²) in [5.41, 5.74) is 1.02. The van der Waals surface area contributed by atoms with Crippen LogP contribution in [0.3, 0.4) is 0 Å². The Morgan fingerprint density at radius 2 is 2.06 bits per heavy atom. The first-order valence-corrected chi connectivity index (χ1v) is 6.38. The van der Waals surface area contributed by atoms with Gasteiger partial charge in [0.05, 0.1) is 5.69 Å². The van der Waals surface area contributed by atoms with Gasteiger partial charge in [-0.1, -0.05) is 13.8 Å². The highest BCUT2D eigenvalue weighted by atomic mass is 15.3. The van der Waals surface area contributed by atoms with Gasteiger partial charge in [-0.2, -0.15) is 5.10 Å². The van der Waals surface area contributed by atoms with Gasteiger partial charge in [0.25, 0.3) is 0 Å². The van der Waals surface area contributed by atoms with Crippen LogP contribution in [-0.2, 0) is 0 Å². The molecule has 2 rings (SSSR count). The molecule has 1 unspecified atom stereocenters. The van der Waals surface area contributed by atoms with Crippen molar-refractivity contribution in [2.45, 2.75) is 33.2 Å². The zero-order chi connectivity index (χ0) is 13.0. The molecular weight excluding hydrogens is 224 g/mol. The molecule has 0 spiro atoms. The highest BCUT2D eigenvalue weighted by molar-refractivity contribution is 5.56. The van der Waals surface area contributed by atoms with Gasteiger partial charge in [-0.3, -0.25) is 0 Å². The third-order valence-corrected chi connectivity index (χ3v) is 2.73. The number of pyridine rings is 1. The van der Waals surface area contributed by atoms with Gasteiger partial charge in [-0.15, -0.1) is 0 Å². The number of nitrogens with zero attached hydrogens (tertiary/aromatic N) is 3. The molecule has 1 atom stereocenters. The van der Waals surface area contributed by atoms with Gasteiger partial charge >= 0.3 is 0 Å². The van der Waals surface area contributed by atoms with Crippen molar-refractivity contribution in [1.29, 1.82) is 0 Å². The van der Waals surface area contributed by atoms with Crippen molar-refractivity contribution in [1.82, 2.24) is 14.8 Å². The molecular formula is C14H20N4. The zero-order valence-electron chi connectivity index (χ0n) is 11.2. The number of nitrogens with one attached hydrogen (secondary N) is 1. The minimum atomic E-state index is 0.420. The second kappa shape index (κ2) is 5.67.